The number of rotatable bonds is 2. The van der Waals surface area contributed by atoms with Crippen molar-refractivity contribution in [2.45, 2.75) is 6.10 Å². The van der Waals surface area contributed by atoms with Gasteiger partial charge >= 0.3 is 0 Å². The molecular formula is C14H13Br2N3O. The summed E-state index contributed by atoms with van der Waals surface area (Å²) in [5, 5.41) is 0. The third kappa shape index (κ3) is 3.19. The van der Waals surface area contributed by atoms with Gasteiger partial charge in [-0.3, -0.25) is 0 Å². The first kappa shape index (κ1) is 14.0. The van der Waals surface area contributed by atoms with Gasteiger partial charge in [0, 0.05) is 23.4 Å². The third-order valence-electron chi connectivity index (χ3n) is 3.20. The quantitative estimate of drug-likeness (QED) is 0.774. The molecule has 4 nitrogen and oxygen atoms in total. The number of ether oxygens (including phenoxy) is 1. The first-order valence-electron chi connectivity index (χ1n) is 6.32. The Kier molecular flexibility index (Phi) is 4.33. The SMILES string of the molecule is Brc1ccc(C2CN(c3ncc(Br)cn3)CCO2)cc1. The van der Waals surface area contributed by atoms with Gasteiger partial charge in [-0.1, -0.05) is 28.1 Å². The Morgan fingerprint density at radius 3 is 2.45 bits per heavy atom. The number of nitrogens with zero attached hydrogens (tertiary/aromatic N) is 3. The molecule has 6 heteroatoms. The van der Waals surface area contributed by atoms with Crippen LogP contribution in [0.3, 0.4) is 0 Å². The van der Waals surface area contributed by atoms with Crippen molar-refractivity contribution < 1.29 is 4.74 Å². The Hall–Kier alpha value is -0.980. The molecule has 0 N–H and O–H groups in total. The first-order valence-corrected chi connectivity index (χ1v) is 7.90. The second kappa shape index (κ2) is 6.20. The molecule has 1 saturated heterocycles. The highest BCUT2D eigenvalue weighted by molar-refractivity contribution is 9.10. The molecule has 2 aromatic rings. The van der Waals surface area contributed by atoms with Crippen molar-refractivity contribution in [3.63, 3.8) is 0 Å². The summed E-state index contributed by atoms with van der Waals surface area (Å²) in [5.41, 5.74) is 1.18. The number of hydrogen-bond acceptors (Lipinski definition) is 4. The minimum Gasteiger partial charge on any atom is -0.370 e. The predicted octanol–water partition coefficient (Wildman–Crippen LogP) is 3.58. The van der Waals surface area contributed by atoms with Gasteiger partial charge in [-0.15, -0.1) is 0 Å². The van der Waals surface area contributed by atoms with Crippen molar-refractivity contribution in [2.75, 3.05) is 24.6 Å². The van der Waals surface area contributed by atoms with Crippen LogP contribution < -0.4 is 4.90 Å². The molecule has 3 rings (SSSR count). The molecule has 1 fully saturated rings. The Morgan fingerprint density at radius 2 is 1.75 bits per heavy atom. The van der Waals surface area contributed by atoms with Gasteiger partial charge in [0.15, 0.2) is 0 Å². The fourth-order valence-electron chi connectivity index (χ4n) is 2.18. The maximum absolute atomic E-state index is 5.86. The first-order chi connectivity index (χ1) is 9.72. The van der Waals surface area contributed by atoms with Gasteiger partial charge in [0.05, 0.1) is 17.6 Å². The Morgan fingerprint density at radius 1 is 1.05 bits per heavy atom. The predicted molar refractivity (Wildman–Crippen MR) is 84.8 cm³/mol. The van der Waals surface area contributed by atoms with Gasteiger partial charge in [-0.25, -0.2) is 9.97 Å². The molecule has 0 amide bonds. The fourth-order valence-corrected chi connectivity index (χ4v) is 2.65. The van der Waals surface area contributed by atoms with Gasteiger partial charge < -0.3 is 9.64 Å². The monoisotopic (exact) mass is 397 g/mol. The molecule has 104 valence electrons. The summed E-state index contributed by atoms with van der Waals surface area (Å²) in [4.78, 5) is 10.9. The molecule has 1 aromatic heterocycles. The molecule has 1 aliphatic heterocycles. The molecule has 1 unspecified atom stereocenters. The molecule has 1 aliphatic rings. The molecular weight excluding hydrogens is 386 g/mol. The Balaban J connectivity index is 1.76. The smallest absolute Gasteiger partial charge is 0.225 e. The molecule has 0 saturated carbocycles. The van der Waals surface area contributed by atoms with Crippen LogP contribution in [0, 0.1) is 0 Å². The zero-order chi connectivity index (χ0) is 13.9. The third-order valence-corrected chi connectivity index (χ3v) is 4.14. The van der Waals surface area contributed by atoms with Crippen LogP contribution in [0.25, 0.3) is 0 Å². The van der Waals surface area contributed by atoms with Crippen molar-refractivity contribution in [1.82, 2.24) is 9.97 Å². The topological polar surface area (TPSA) is 38.2 Å². The van der Waals surface area contributed by atoms with Crippen molar-refractivity contribution in [3.8, 4) is 0 Å². The van der Waals surface area contributed by atoms with Crippen LogP contribution in [0.15, 0.2) is 45.6 Å². The molecule has 0 spiro atoms. The molecule has 2 heterocycles. The van der Waals surface area contributed by atoms with E-state index in [9.17, 15) is 0 Å². The highest BCUT2D eigenvalue weighted by Crippen LogP contribution is 2.25. The molecule has 1 aromatic carbocycles. The number of halogens is 2. The lowest BCUT2D eigenvalue weighted by Gasteiger charge is -2.33. The van der Waals surface area contributed by atoms with E-state index in [1.165, 1.54) is 5.56 Å². The number of morpholine rings is 1. The van der Waals surface area contributed by atoms with E-state index in [1.54, 1.807) is 12.4 Å². The molecule has 0 aliphatic carbocycles. The van der Waals surface area contributed by atoms with E-state index in [2.05, 4.69) is 58.9 Å². The Bertz CT molecular complexity index is 522. The van der Waals surface area contributed by atoms with Gasteiger partial charge in [0.1, 0.15) is 6.10 Å². The number of benzene rings is 1. The van der Waals surface area contributed by atoms with E-state index in [-0.39, 0.29) is 6.10 Å². The summed E-state index contributed by atoms with van der Waals surface area (Å²) >= 11 is 6.80. The van der Waals surface area contributed by atoms with E-state index >= 15 is 0 Å². The van der Waals surface area contributed by atoms with E-state index < -0.39 is 0 Å². The highest BCUT2D eigenvalue weighted by atomic mass is 79.9. The molecule has 0 radical (unpaired) electrons. The summed E-state index contributed by atoms with van der Waals surface area (Å²) < 4.78 is 7.82. The summed E-state index contributed by atoms with van der Waals surface area (Å²) in [7, 11) is 0. The lowest BCUT2D eigenvalue weighted by Crippen LogP contribution is -2.39. The average Bonchev–Trinajstić information content (AvgIpc) is 2.49. The summed E-state index contributed by atoms with van der Waals surface area (Å²) in [6, 6.07) is 8.24. The fraction of sp³-hybridized carbons (Fsp3) is 0.286. The number of hydrogen-bond donors (Lipinski definition) is 0. The maximum atomic E-state index is 5.86. The Labute approximate surface area is 134 Å². The minimum absolute atomic E-state index is 0.0593. The van der Waals surface area contributed by atoms with E-state index in [0.717, 1.165) is 28.0 Å². The molecule has 0 bridgehead atoms. The van der Waals surface area contributed by atoms with Crippen LogP contribution in [0.4, 0.5) is 5.95 Å². The molecule has 1 atom stereocenters. The largest absolute Gasteiger partial charge is 0.370 e. The molecule has 20 heavy (non-hydrogen) atoms. The standard InChI is InChI=1S/C14H13Br2N3O/c15-11-3-1-10(2-4-11)13-9-19(5-6-20-13)14-17-7-12(16)8-18-14/h1-4,7-8,13H,5-6,9H2. The van der Waals surface area contributed by atoms with Gasteiger partial charge in [0.2, 0.25) is 5.95 Å². The highest BCUT2D eigenvalue weighted by Gasteiger charge is 2.23. The second-order valence-corrected chi connectivity index (χ2v) is 6.39. The van der Waals surface area contributed by atoms with Crippen LogP contribution in [0.5, 0.6) is 0 Å². The maximum Gasteiger partial charge on any atom is 0.225 e. The summed E-state index contributed by atoms with van der Waals surface area (Å²) in [6.45, 7) is 2.26. The van der Waals surface area contributed by atoms with Crippen molar-refractivity contribution in [1.29, 1.82) is 0 Å². The van der Waals surface area contributed by atoms with Gasteiger partial charge in [0.25, 0.3) is 0 Å². The summed E-state index contributed by atoms with van der Waals surface area (Å²) in [6.07, 6.45) is 3.60. The van der Waals surface area contributed by atoms with E-state index in [4.69, 9.17) is 4.74 Å². The van der Waals surface area contributed by atoms with Crippen molar-refractivity contribution >= 4 is 37.8 Å². The van der Waals surface area contributed by atoms with Gasteiger partial charge in [-0.2, -0.15) is 0 Å². The normalized spacial score (nSPS) is 19.1. The number of anilines is 1. The zero-order valence-corrected chi connectivity index (χ0v) is 13.8. The van der Waals surface area contributed by atoms with Crippen molar-refractivity contribution in [2.24, 2.45) is 0 Å². The lowest BCUT2D eigenvalue weighted by atomic mass is 10.1. The summed E-state index contributed by atoms with van der Waals surface area (Å²) in [5.74, 6) is 0.749. The van der Waals surface area contributed by atoms with Gasteiger partial charge in [-0.05, 0) is 33.6 Å². The van der Waals surface area contributed by atoms with E-state index in [1.807, 2.05) is 12.1 Å². The van der Waals surface area contributed by atoms with Crippen LogP contribution in [-0.4, -0.2) is 29.7 Å². The average molecular weight is 399 g/mol. The van der Waals surface area contributed by atoms with Crippen LogP contribution in [0.2, 0.25) is 0 Å². The lowest BCUT2D eigenvalue weighted by molar-refractivity contribution is 0.0392. The minimum atomic E-state index is 0.0593. The van der Waals surface area contributed by atoms with Crippen molar-refractivity contribution in [3.05, 3.63) is 51.2 Å². The van der Waals surface area contributed by atoms with Crippen LogP contribution >= 0.6 is 31.9 Å². The van der Waals surface area contributed by atoms with Crippen LogP contribution in [-0.2, 0) is 4.74 Å². The number of aromatic nitrogens is 2. The van der Waals surface area contributed by atoms with E-state index in [0.29, 0.717) is 6.61 Å². The second-order valence-electron chi connectivity index (χ2n) is 4.56. The zero-order valence-electron chi connectivity index (χ0n) is 10.7. The van der Waals surface area contributed by atoms with Crippen LogP contribution in [0.1, 0.15) is 11.7 Å².